The molecular formula is C26H22N2O3. The maximum absolute atomic E-state index is 13.1. The average Bonchev–Trinajstić information content (AvgIpc) is 2.77. The van der Waals surface area contributed by atoms with Crippen LogP contribution in [0.2, 0.25) is 0 Å². The molecule has 4 aromatic rings. The minimum Gasteiger partial charge on any atom is -0.337 e. The van der Waals surface area contributed by atoms with E-state index in [1.165, 1.54) is 6.20 Å². The van der Waals surface area contributed by atoms with Gasteiger partial charge in [-0.3, -0.25) is 14.4 Å². The largest absolute Gasteiger partial charge is 0.337 e. The SMILES string of the molecule is Cc1ccc(NC(=O)Cn2cc(C(=O)c3ccccc3)c(=O)c3cc(C)ccc32)cc1. The van der Waals surface area contributed by atoms with Gasteiger partial charge in [0.05, 0.1) is 11.1 Å². The van der Waals surface area contributed by atoms with Crippen LogP contribution in [0, 0.1) is 13.8 Å². The molecule has 1 N–H and O–H groups in total. The minimum absolute atomic E-state index is 0.0250. The van der Waals surface area contributed by atoms with Gasteiger partial charge in [0.1, 0.15) is 6.54 Å². The predicted molar refractivity (Wildman–Crippen MR) is 123 cm³/mol. The van der Waals surface area contributed by atoms with Crippen LogP contribution in [0.1, 0.15) is 27.0 Å². The number of rotatable bonds is 5. The second-order valence-electron chi connectivity index (χ2n) is 7.63. The summed E-state index contributed by atoms with van der Waals surface area (Å²) in [6, 6.07) is 21.6. The highest BCUT2D eigenvalue weighted by atomic mass is 16.2. The summed E-state index contributed by atoms with van der Waals surface area (Å²) >= 11 is 0. The van der Waals surface area contributed by atoms with Crippen LogP contribution in [0.4, 0.5) is 5.69 Å². The molecule has 0 bridgehead atoms. The zero-order valence-electron chi connectivity index (χ0n) is 17.4. The minimum atomic E-state index is -0.360. The van der Waals surface area contributed by atoms with E-state index in [9.17, 15) is 14.4 Å². The molecule has 0 saturated carbocycles. The molecule has 1 aromatic heterocycles. The van der Waals surface area contributed by atoms with Crippen molar-refractivity contribution in [2.45, 2.75) is 20.4 Å². The number of benzene rings is 3. The zero-order chi connectivity index (χ0) is 22.0. The van der Waals surface area contributed by atoms with Crippen LogP contribution < -0.4 is 10.7 Å². The Hall–Kier alpha value is -3.99. The predicted octanol–water partition coefficient (Wildman–Crippen LogP) is 4.49. The standard InChI is InChI=1S/C26H22N2O3/c1-17-8-11-20(12-9-17)27-24(29)16-28-15-22(25(30)19-6-4-3-5-7-19)26(31)21-14-18(2)10-13-23(21)28/h3-15H,16H2,1-2H3,(H,27,29). The molecule has 3 aromatic carbocycles. The van der Waals surface area contributed by atoms with Gasteiger partial charge < -0.3 is 9.88 Å². The third-order valence-corrected chi connectivity index (χ3v) is 5.17. The van der Waals surface area contributed by atoms with E-state index < -0.39 is 0 Å². The summed E-state index contributed by atoms with van der Waals surface area (Å²) in [4.78, 5) is 38.9. The topological polar surface area (TPSA) is 68.2 Å². The lowest BCUT2D eigenvalue weighted by atomic mass is 10.0. The van der Waals surface area contributed by atoms with E-state index in [2.05, 4.69) is 5.32 Å². The van der Waals surface area contributed by atoms with Crippen LogP contribution in [0.25, 0.3) is 10.9 Å². The molecule has 5 heteroatoms. The Labute approximate surface area is 180 Å². The van der Waals surface area contributed by atoms with E-state index in [0.717, 1.165) is 11.1 Å². The Balaban J connectivity index is 1.76. The van der Waals surface area contributed by atoms with Crippen LogP contribution in [-0.2, 0) is 11.3 Å². The highest BCUT2D eigenvalue weighted by molar-refractivity contribution is 6.10. The van der Waals surface area contributed by atoms with E-state index in [-0.39, 0.29) is 29.2 Å². The van der Waals surface area contributed by atoms with Gasteiger partial charge >= 0.3 is 0 Å². The summed E-state index contributed by atoms with van der Waals surface area (Å²) in [5.74, 6) is -0.603. The number of aromatic nitrogens is 1. The molecule has 31 heavy (non-hydrogen) atoms. The number of carbonyl (C=O) groups excluding carboxylic acids is 2. The first kappa shape index (κ1) is 20.3. The number of nitrogens with zero attached hydrogens (tertiary/aromatic N) is 1. The Morgan fingerprint density at radius 3 is 2.26 bits per heavy atom. The van der Waals surface area contributed by atoms with Crippen LogP contribution in [0.15, 0.2) is 83.8 Å². The molecule has 0 fully saturated rings. The smallest absolute Gasteiger partial charge is 0.244 e. The monoisotopic (exact) mass is 410 g/mol. The summed E-state index contributed by atoms with van der Waals surface area (Å²) in [6.07, 6.45) is 1.49. The first-order valence-electron chi connectivity index (χ1n) is 10.0. The fourth-order valence-electron chi connectivity index (χ4n) is 3.54. The van der Waals surface area contributed by atoms with E-state index in [4.69, 9.17) is 0 Å². The van der Waals surface area contributed by atoms with E-state index >= 15 is 0 Å². The molecule has 0 aliphatic carbocycles. The van der Waals surface area contributed by atoms with Crippen LogP contribution in [-0.4, -0.2) is 16.3 Å². The summed E-state index contributed by atoms with van der Waals surface area (Å²) in [5.41, 5.74) is 3.46. The fourth-order valence-corrected chi connectivity index (χ4v) is 3.54. The summed E-state index contributed by atoms with van der Waals surface area (Å²) in [5, 5.41) is 3.29. The third-order valence-electron chi connectivity index (χ3n) is 5.17. The van der Waals surface area contributed by atoms with Gasteiger partial charge in [0.15, 0.2) is 5.78 Å². The van der Waals surface area contributed by atoms with E-state index in [1.807, 2.05) is 56.3 Å². The van der Waals surface area contributed by atoms with Gasteiger partial charge in [0.2, 0.25) is 11.3 Å². The molecule has 0 saturated heterocycles. The van der Waals surface area contributed by atoms with Crippen molar-refractivity contribution in [3.05, 3.63) is 111 Å². The quantitative estimate of drug-likeness (QED) is 0.493. The molecule has 0 unspecified atom stereocenters. The lowest BCUT2D eigenvalue weighted by Gasteiger charge is -2.14. The number of hydrogen-bond acceptors (Lipinski definition) is 3. The molecule has 0 aliphatic rings. The number of anilines is 1. The normalized spacial score (nSPS) is 10.8. The van der Waals surface area contributed by atoms with Crippen molar-refractivity contribution in [2.24, 2.45) is 0 Å². The van der Waals surface area contributed by atoms with Crippen molar-refractivity contribution in [2.75, 3.05) is 5.32 Å². The third kappa shape index (κ3) is 4.31. The van der Waals surface area contributed by atoms with Gasteiger partial charge in [0.25, 0.3) is 0 Å². The number of aryl methyl sites for hydroxylation is 2. The Morgan fingerprint density at radius 2 is 1.55 bits per heavy atom. The van der Waals surface area contributed by atoms with Gasteiger partial charge in [-0.1, -0.05) is 59.7 Å². The molecule has 5 nitrogen and oxygen atoms in total. The van der Waals surface area contributed by atoms with Gasteiger partial charge in [-0.05, 0) is 38.1 Å². The maximum atomic E-state index is 13.1. The summed E-state index contributed by atoms with van der Waals surface area (Å²) in [7, 11) is 0. The van der Waals surface area contributed by atoms with Gasteiger partial charge in [-0.2, -0.15) is 0 Å². The van der Waals surface area contributed by atoms with E-state index in [1.54, 1.807) is 34.9 Å². The summed E-state index contributed by atoms with van der Waals surface area (Å²) < 4.78 is 1.66. The highest BCUT2D eigenvalue weighted by Gasteiger charge is 2.18. The maximum Gasteiger partial charge on any atom is 0.244 e. The first-order valence-corrected chi connectivity index (χ1v) is 10.0. The van der Waals surface area contributed by atoms with E-state index in [0.29, 0.717) is 22.2 Å². The van der Waals surface area contributed by atoms with Crippen LogP contribution in [0.5, 0.6) is 0 Å². The van der Waals surface area contributed by atoms with Crippen molar-refractivity contribution in [3.63, 3.8) is 0 Å². The number of fused-ring (bicyclic) bond motifs is 1. The van der Waals surface area contributed by atoms with Gasteiger partial charge in [-0.25, -0.2) is 0 Å². The Morgan fingerprint density at radius 1 is 0.871 bits per heavy atom. The lowest BCUT2D eigenvalue weighted by molar-refractivity contribution is -0.116. The second kappa shape index (κ2) is 8.40. The van der Waals surface area contributed by atoms with Crippen molar-refractivity contribution in [1.82, 2.24) is 4.57 Å². The number of ketones is 1. The molecular weight excluding hydrogens is 388 g/mol. The first-order chi connectivity index (χ1) is 14.9. The van der Waals surface area contributed by atoms with Crippen molar-refractivity contribution < 1.29 is 9.59 Å². The van der Waals surface area contributed by atoms with Gasteiger partial charge in [0, 0.05) is 22.8 Å². The lowest BCUT2D eigenvalue weighted by Crippen LogP contribution is -2.24. The molecule has 154 valence electrons. The zero-order valence-corrected chi connectivity index (χ0v) is 17.4. The van der Waals surface area contributed by atoms with Crippen molar-refractivity contribution in [3.8, 4) is 0 Å². The number of hydrogen-bond donors (Lipinski definition) is 1. The fraction of sp³-hybridized carbons (Fsp3) is 0.115. The number of nitrogens with one attached hydrogen (secondary N) is 1. The van der Waals surface area contributed by atoms with Crippen LogP contribution >= 0.6 is 0 Å². The number of pyridine rings is 1. The van der Waals surface area contributed by atoms with Crippen molar-refractivity contribution >= 4 is 28.3 Å². The number of amides is 1. The van der Waals surface area contributed by atoms with Gasteiger partial charge in [-0.15, -0.1) is 0 Å². The average molecular weight is 410 g/mol. The Bertz CT molecular complexity index is 1340. The molecule has 1 amide bonds. The molecule has 1 heterocycles. The van der Waals surface area contributed by atoms with Crippen LogP contribution in [0.3, 0.4) is 0 Å². The molecule has 4 rings (SSSR count). The molecule has 0 spiro atoms. The molecule has 0 radical (unpaired) electrons. The number of carbonyl (C=O) groups is 2. The summed E-state index contributed by atoms with van der Waals surface area (Å²) in [6.45, 7) is 3.84. The highest BCUT2D eigenvalue weighted by Crippen LogP contribution is 2.17. The molecule has 0 aliphatic heterocycles. The van der Waals surface area contributed by atoms with Crippen molar-refractivity contribution in [1.29, 1.82) is 0 Å². The second-order valence-corrected chi connectivity index (χ2v) is 7.63. The Kier molecular flexibility index (Phi) is 5.50. The molecule has 0 atom stereocenters.